The van der Waals surface area contributed by atoms with Crippen molar-refractivity contribution in [3.05, 3.63) is 59.8 Å². The minimum absolute atomic E-state index is 0.159. The Hall–Kier alpha value is -2.82. The Labute approximate surface area is 121 Å². The second-order valence-electron chi connectivity index (χ2n) is 4.70. The molecule has 0 aliphatic heterocycles. The van der Waals surface area contributed by atoms with E-state index in [-0.39, 0.29) is 5.56 Å². The molecule has 1 N–H and O–H groups in total. The number of aromatic nitrogens is 2. The number of ether oxygens (including phenoxy) is 1. The summed E-state index contributed by atoms with van der Waals surface area (Å²) in [5.41, 5.74) is 2.04. The van der Waals surface area contributed by atoms with Gasteiger partial charge in [-0.3, -0.25) is 4.68 Å². The molecule has 0 radical (unpaired) electrons. The number of carboxylic acid groups (broad SMARTS) is 1. The van der Waals surface area contributed by atoms with Crippen LogP contribution < -0.4 is 4.74 Å². The average molecular weight is 282 g/mol. The molecule has 21 heavy (non-hydrogen) atoms. The summed E-state index contributed by atoms with van der Waals surface area (Å²) in [6.45, 7) is 0.512. The molecular weight excluding hydrogens is 268 g/mol. The molecule has 3 rings (SSSR count). The third-order valence-electron chi connectivity index (χ3n) is 3.38. The van der Waals surface area contributed by atoms with Crippen LogP contribution in [0.1, 0.15) is 15.9 Å². The predicted octanol–water partition coefficient (Wildman–Crippen LogP) is 2.79. The molecule has 5 heteroatoms. The largest absolute Gasteiger partial charge is 0.496 e. The van der Waals surface area contributed by atoms with Gasteiger partial charge in [0.1, 0.15) is 11.3 Å². The van der Waals surface area contributed by atoms with E-state index in [2.05, 4.69) is 5.10 Å². The molecule has 0 amide bonds. The van der Waals surface area contributed by atoms with Gasteiger partial charge in [0.15, 0.2) is 0 Å². The Balaban J connectivity index is 1.98. The van der Waals surface area contributed by atoms with E-state index in [0.717, 1.165) is 16.5 Å². The number of carboxylic acids is 1. The van der Waals surface area contributed by atoms with E-state index in [1.807, 2.05) is 35.0 Å². The number of rotatable bonds is 4. The van der Waals surface area contributed by atoms with Crippen LogP contribution in [-0.4, -0.2) is 28.0 Å². The highest BCUT2D eigenvalue weighted by atomic mass is 16.5. The summed E-state index contributed by atoms with van der Waals surface area (Å²) in [7, 11) is 1.46. The standard InChI is InChI=1S/C16H14N2O3/c1-21-15-7-6-11(8-13(15)16(19)20)10-18-14-5-3-2-4-12(14)9-17-18/h2-9H,10H2,1H3,(H,19,20). The highest BCUT2D eigenvalue weighted by Gasteiger charge is 2.12. The van der Waals surface area contributed by atoms with Crippen molar-refractivity contribution in [1.82, 2.24) is 9.78 Å². The number of methoxy groups -OCH3 is 1. The first-order valence-electron chi connectivity index (χ1n) is 6.50. The molecule has 0 bridgehead atoms. The van der Waals surface area contributed by atoms with Crippen LogP contribution in [-0.2, 0) is 6.54 Å². The van der Waals surface area contributed by atoms with Crippen LogP contribution in [0.3, 0.4) is 0 Å². The summed E-state index contributed by atoms with van der Waals surface area (Å²) in [6, 6.07) is 13.0. The number of hydrogen-bond acceptors (Lipinski definition) is 3. The van der Waals surface area contributed by atoms with Gasteiger partial charge in [0.25, 0.3) is 0 Å². The number of para-hydroxylation sites is 1. The van der Waals surface area contributed by atoms with Crippen molar-refractivity contribution in [2.24, 2.45) is 0 Å². The molecule has 0 aliphatic carbocycles. The van der Waals surface area contributed by atoms with Gasteiger partial charge in [0.05, 0.1) is 25.4 Å². The van der Waals surface area contributed by atoms with E-state index in [1.54, 1.807) is 18.3 Å². The minimum atomic E-state index is -1.00. The van der Waals surface area contributed by atoms with Crippen molar-refractivity contribution >= 4 is 16.9 Å². The molecule has 0 unspecified atom stereocenters. The van der Waals surface area contributed by atoms with Crippen molar-refractivity contribution in [2.45, 2.75) is 6.54 Å². The van der Waals surface area contributed by atoms with Gasteiger partial charge in [-0.05, 0) is 23.8 Å². The minimum Gasteiger partial charge on any atom is -0.496 e. The topological polar surface area (TPSA) is 64.4 Å². The monoisotopic (exact) mass is 282 g/mol. The van der Waals surface area contributed by atoms with Gasteiger partial charge >= 0.3 is 5.97 Å². The quantitative estimate of drug-likeness (QED) is 0.799. The number of benzene rings is 2. The molecule has 106 valence electrons. The Bertz CT molecular complexity index is 808. The molecule has 0 spiro atoms. The van der Waals surface area contributed by atoms with Gasteiger partial charge in [-0.1, -0.05) is 24.3 Å². The second kappa shape index (κ2) is 5.28. The second-order valence-corrected chi connectivity index (χ2v) is 4.70. The first kappa shape index (κ1) is 13.2. The molecule has 0 saturated carbocycles. The summed E-state index contributed by atoms with van der Waals surface area (Å²) in [5, 5.41) is 14.6. The van der Waals surface area contributed by atoms with E-state index in [9.17, 15) is 9.90 Å². The fraction of sp³-hybridized carbons (Fsp3) is 0.125. The summed E-state index contributed by atoms with van der Waals surface area (Å²) < 4.78 is 6.91. The lowest BCUT2D eigenvalue weighted by Gasteiger charge is -2.08. The fourth-order valence-corrected chi connectivity index (χ4v) is 2.35. The predicted molar refractivity (Wildman–Crippen MR) is 78.8 cm³/mol. The first-order valence-corrected chi connectivity index (χ1v) is 6.50. The Morgan fingerprint density at radius 1 is 1.29 bits per heavy atom. The van der Waals surface area contributed by atoms with E-state index in [0.29, 0.717) is 12.3 Å². The Morgan fingerprint density at radius 3 is 2.86 bits per heavy atom. The van der Waals surface area contributed by atoms with Crippen LogP contribution in [0.15, 0.2) is 48.7 Å². The zero-order valence-corrected chi connectivity index (χ0v) is 11.5. The first-order chi connectivity index (χ1) is 10.2. The molecule has 1 heterocycles. The zero-order chi connectivity index (χ0) is 14.8. The van der Waals surface area contributed by atoms with Crippen molar-refractivity contribution in [3.8, 4) is 5.75 Å². The lowest BCUT2D eigenvalue weighted by Crippen LogP contribution is -2.05. The van der Waals surface area contributed by atoms with E-state index in [4.69, 9.17) is 4.74 Å². The highest BCUT2D eigenvalue weighted by Crippen LogP contribution is 2.21. The van der Waals surface area contributed by atoms with E-state index in [1.165, 1.54) is 7.11 Å². The van der Waals surface area contributed by atoms with Gasteiger partial charge in [0.2, 0.25) is 0 Å². The number of fused-ring (bicyclic) bond motifs is 1. The van der Waals surface area contributed by atoms with E-state index >= 15 is 0 Å². The molecule has 0 fully saturated rings. The Morgan fingerprint density at radius 2 is 2.10 bits per heavy atom. The molecule has 0 aliphatic rings. The van der Waals surface area contributed by atoms with Crippen LogP contribution in [0.2, 0.25) is 0 Å². The average Bonchev–Trinajstić information content (AvgIpc) is 2.90. The number of carbonyl (C=O) groups is 1. The lowest BCUT2D eigenvalue weighted by molar-refractivity contribution is 0.0693. The van der Waals surface area contributed by atoms with Crippen LogP contribution in [0, 0.1) is 0 Å². The summed E-state index contributed by atoms with van der Waals surface area (Å²) in [5.74, 6) is -0.643. The molecular formula is C16H14N2O3. The van der Waals surface area contributed by atoms with E-state index < -0.39 is 5.97 Å². The summed E-state index contributed by atoms with van der Waals surface area (Å²) in [6.07, 6.45) is 1.80. The number of nitrogens with zero attached hydrogens (tertiary/aromatic N) is 2. The third-order valence-corrected chi connectivity index (χ3v) is 3.38. The van der Waals surface area contributed by atoms with Crippen LogP contribution in [0.25, 0.3) is 10.9 Å². The SMILES string of the molecule is COc1ccc(Cn2ncc3ccccc32)cc1C(=O)O. The van der Waals surface area contributed by atoms with Crippen molar-refractivity contribution in [2.75, 3.05) is 7.11 Å². The summed E-state index contributed by atoms with van der Waals surface area (Å²) >= 11 is 0. The molecule has 5 nitrogen and oxygen atoms in total. The van der Waals surface area contributed by atoms with Gasteiger partial charge in [-0.2, -0.15) is 5.10 Å². The third kappa shape index (κ3) is 2.45. The molecule has 1 aromatic heterocycles. The number of aromatic carboxylic acids is 1. The van der Waals surface area contributed by atoms with Crippen molar-refractivity contribution < 1.29 is 14.6 Å². The number of hydrogen-bond donors (Lipinski definition) is 1. The van der Waals surface area contributed by atoms with Crippen molar-refractivity contribution in [1.29, 1.82) is 0 Å². The molecule has 0 saturated heterocycles. The van der Waals surface area contributed by atoms with Crippen LogP contribution in [0.5, 0.6) is 5.75 Å². The molecule has 2 aromatic carbocycles. The maximum Gasteiger partial charge on any atom is 0.339 e. The summed E-state index contributed by atoms with van der Waals surface area (Å²) in [4.78, 5) is 11.2. The molecule has 3 aromatic rings. The van der Waals surface area contributed by atoms with Gasteiger partial charge in [-0.15, -0.1) is 0 Å². The normalized spacial score (nSPS) is 10.7. The van der Waals surface area contributed by atoms with Gasteiger partial charge < -0.3 is 9.84 Å². The highest BCUT2D eigenvalue weighted by molar-refractivity contribution is 5.91. The smallest absolute Gasteiger partial charge is 0.339 e. The lowest BCUT2D eigenvalue weighted by atomic mass is 10.1. The fourth-order valence-electron chi connectivity index (χ4n) is 2.35. The molecule has 0 atom stereocenters. The van der Waals surface area contributed by atoms with Crippen LogP contribution in [0.4, 0.5) is 0 Å². The van der Waals surface area contributed by atoms with Gasteiger partial charge in [0, 0.05) is 5.39 Å². The maximum absolute atomic E-state index is 11.2. The zero-order valence-electron chi connectivity index (χ0n) is 11.5. The van der Waals surface area contributed by atoms with Gasteiger partial charge in [-0.25, -0.2) is 4.79 Å². The van der Waals surface area contributed by atoms with Crippen molar-refractivity contribution in [3.63, 3.8) is 0 Å². The maximum atomic E-state index is 11.2. The van der Waals surface area contributed by atoms with Crippen LogP contribution >= 0.6 is 0 Å². The Kier molecular flexibility index (Phi) is 3.31.